The van der Waals surface area contributed by atoms with E-state index < -0.39 is 5.97 Å². The van der Waals surface area contributed by atoms with Gasteiger partial charge in [0.05, 0.1) is 32.4 Å². The van der Waals surface area contributed by atoms with E-state index in [0.29, 0.717) is 16.0 Å². The molecule has 0 amide bonds. The zero-order chi connectivity index (χ0) is 13.7. The summed E-state index contributed by atoms with van der Waals surface area (Å²) in [6.45, 7) is 2.02. The molecule has 1 aromatic rings. The molecule has 1 rings (SSSR count). The van der Waals surface area contributed by atoms with Crippen molar-refractivity contribution in [2.75, 3.05) is 27.9 Å². The Labute approximate surface area is 114 Å². The predicted molar refractivity (Wildman–Crippen MR) is 69.8 cm³/mol. The van der Waals surface area contributed by atoms with Gasteiger partial charge in [-0.05, 0) is 28.9 Å². The van der Waals surface area contributed by atoms with Crippen LogP contribution in [0.25, 0.3) is 0 Å². The number of carbonyl (C=O) groups excluding carboxylic acids is 1. The average molecular weight is 319 g/mol. The van der Waals surface area contributed by atoms with E-state index in [1.165, 1.54) is 21.3 Å². The first-order valence-corrected chi connectivity index (χ1v) is 6.05. The van der Waals surface area contributed by atoms with Crippen LogP contribution in [-0.2, 0) is 4.74 Å². The van der Waals surface area contributed by atoms with Gasteiger partial charge in [0.25, 0.3) is 0 Å². The molecule has 0 heterocycles. The third-order valence-electron chi connectivity index (χ3n) is 2.25. The molecule has 0 aliphatic rings. The fourth-order valence-corrected chi connectivity index (χ4v) is 2.10. The predicted octanol–water partition coefficient (Wildman–Crippen LogP) is 2.65. The maximum Gasteiger partial charge on any atom is 0.342 e. The van der Waals surface area contributed by atoms with E-state index >= 15 is 0 Å². The summed E-state index contributed by atoms with van der Waals surface area (Å²) < 4.78 is 21.2. The van der Waals surface area contributed by atoms with Crippen molar-refractivity contribution in [3.05, 3.63) is 16.1 Å². The minimum absolute atomic E-state index is 0.281. The van der Waals surface area contributed by atoms with Crippen molar-refractivity contribution in [1.82, 2.24) is 0 Å². The molecule has 18 heavy (non-hydrogen) atoms. The van der Waals surface area contributed by atoms with Crippen molar-refractivity contribution >= 4 is 21.9 Å². The van der Waals surface area contributed by atoms with E-state index in [1.54, 1.807) is 13.0 Å². The van der Waals surface area contributed by atoms with Crippen molar-refractivity contribution in [3.8, 4) is 17.2 Å². The first kappa shape index (κ1) is 14.6. The van der Waals surface area contributed by atoms with E-state index in [9.17, 15) is 4.79 Å². The van der Waals surface area contributed by atoms with E-state index in [1.807, 2.05) is 0 Å². The first-order valence-electron chi connectivity index (χ1n) is 5.26. The Morgan fingerprint density at radius 2 is 1.67 bits per heavy atom. The molecule has 0 unspecified atom stereocenters. The Balaban J connectivity index is 3.44. The van der Waals surface area contributed by atoms with Crippen LogP contribution in [0.3, 0.4) is 0 Å². The Bertz CT molecular complexity index is 445. The molecule has 0 bridgehead atoms. The number of benzene rings is 1. The van der Waals surface area contributed by atoms with Crippen molar-refractivity contribution in [1.29, 1.82) is 0 Å². The summed E-state index contributed by atoms with van der Waals surface area (Å²) in [5.74, 6) is 0.617. The van der Waals surface area contributed by atoms with Gasteiger partial charge in [-0.3, -0.25) is 0 Å². The van der Waals surface area contributed by atoms with Gasteiger partial charge in [0.15, 0.2) is 11.5 Å². The number of carbonyl (C=O) groups is 1. The van der Waals surface area contributed by atoms with E-state index in [-0.39, 0.29) is 17.9 Å². The van der Waals surface area contributed by atoms with Crippen molar-refractivity contribution < 1.29 is 23.7 Å². The molecule has 5 nitrogen and oxygen atoms in total. The summed E-state index contributed by atoms with van der Waals surface area (Å²) in [6.07, 6.45) is 0. The highest BCUT2D eigenvalue weighted by atomic mass is 79.9. The van der Waals surface area contributed by atoms with Crippen molar-refractivity contribution in [2.45, 2.75) is 6.92 Å². The van der Waals surface area contributed by atoms with Crippen LogP contribution in [0.15, 0.2) is 10.5 Å². The van der Waals surface area contributed by atoms with Crippen LogP contribution < -0.4 is 14.2 Å². The largest absolute Gasteiger partial charge is 0.492 e. The summed E-state index contributed by atoms with van der Waals surface area (Å²) in [4.78, 5) is 11.8. The van der Waals surface area contributed by atoms with Crippen LogP contribution in [-0.4, -0.2) is 33.9 Å². The highest BCUT2D eigenvalue weighted by Gasteiger charge is 2.24. The molecule has 0 saturated heterocycles. The van der Waals surface area contributed by atoms with Gasteiger partial charge in [-0.2, -0.15) is 0 Å². The van der Waals surface area contributed by atoms with Crippen LogP contribution in [0.1, 0.15) is 17.3 Å². The summed E-state index contributed by atoms with van der Waals surface area (Å²) >= 11 is 3.31. The lowest BCUT2D eigenvalue weighted by Crippen LogP contribution is -2.08. The number of ether oxygens (including phenoxy) is 4. The van der Waals surface area contributed by atoms with Crippen LogP contribution in [0.5, 0.6) is 17.2 Å². The molecule has 0 aliphatic heterocycles. The zero-order valence-corrected chi connectivity index (χ0v) is 12.3. The summed E-state index contributed by atoms with van der Waals surface area (Å²) in [5.41, 5.74) is 0.281. The van der Waals surface area contributed by atoms with Gasteiger partial charge < -0.3 is 18.9 Å². The number of esters is 1. The fraction of sp³-hybridized carbons (Fsp3) is 0.417. The topological polar surface area (TPSA) is 54.0 Å². The molecule has 0 saturated carbocycles. The van der Waals surface area contributed by atoms with E-state index in [2.05, 4.69) is 15.9 Å². The SMILES string of the molecule is CCOC(=O)c1cc(Br)c(OC)c(OC)c1OC. The first-order chi connectivity index (χ1) is 8.60. The van der Waals surface area contributed by atoms with Gasteiger partial charge in [-0.25, -0.2) is 4.79 Å². The number of hydrogen-bond acceptors (Lipinski definition) is 5. The molecule has 100 valence electrons. The number of hydrogen-bond donors (Lipinski definition) is 0. The third kappa shape index (κ3) is 2.69. The summed E-state index contributed by atoms with van der Waals surface area (Å²) in [6, 6.07) is 1.58. The molecule has 0 spiro atoms. The molecule has 0 radical (unpaired) electrons. The second kappa shape index (κ2) is 6.49. The Morgan fingerprint density at radius 1 is 1.11 bits per heavy atom. The fourth-order valence-electron chi connectivity index (χ4n) is 1.53. The molecular formula is C12H15BrO5. The summed E-state index contributed by atoms with van der Waals surface area (Å²) in [5, 5.41) is 0. The Hall–Kier alpha value is -1.43. The number of rotatable bonds is 5. The van der Waals surface area contributed by atoms with Crippen molar-refractivity contribution in [2.24, 2.45) is 0 Å². The van der Waals surface area contributed by atoms with Gasteiger partial charge >= 0.3 is 5.97 Å². The van der Waals surface area contributed by atoms with Crippen LogP contribution in [0, 0.1) is 0 Å². The van der Waals surface area contributed by atoms with E-state index in [0.717, 1.165) is 0 Å². The minimum Gasteiger partial charge on any atom is -0.492 e. The average Bonchev–Trinajstić information content (AvgIpc) is 2.37. The second-order valence-corrected chi connectivity index (χ2v) is 4.08. The van der Waals surface area contributed by atoms with Gasteiger partial charge in [0.2, 0.25) is 5.75 Å². The molecule has 0 aromatic heterocycles. The van der Waals surface area contributed by atoms with Crippen LogP contribution in [0.2, 0.25) is 0 Å². The standard InChI is InChI=1S/C12H15BrO5/c1-5-18-12(14)7-6-8(13)10(16-3)11(17-4)9(7)15-2/h6H,5H2,1-4H3. The maximum atomic E-state index is 11.8. The zero-order valence-electron chi connectivity index (χ0n) is 10.7. The molecule has 0 N–H and O–H groups in total. The summed E-state index contributed by atoms with van der Waals surface area (Å²) in [7, 11) is 4.43. The van der Waals surface area contributed by atoms with Gasteiger partial charge in [0, 0.05) is 0 Å². The Kier molecular flexibility index (Phi) is 5.27. The van der Waals surface area contributed by atoms with Crippen LogP contribution >= 0.6 is 15.9 Å². The monoisotopic (exact) mass is 318 g/mol. The third-order valence-corrected chi connectivity index (χ3v) is 2.84. The molecule has 6 heteroatoms. The Morgan fingerprint density at radius 3 is 2.11 bits per heavy atom. The van der Waals surface area contributed by atoms with Crippen LogP contribution in [0.4, 0.5) is 0 Å². The van der Waals surface area contributed by atoms with Crippen molar-refractivity contribution in [3.63, 3.8) is 0 Å². The maximum absolute atomic E-state index is 11.8. The number of methoxy groups -OCH3 is 3. The second-order valence-electron chi connectivity index (χ2n) is 3.23. The quantitative estimate of drug-likeness (QED) is 0.781. The molecular weight excluding hydrogens is 304 g/mol. The lowest BCUT2D eigenvalue weighted by molar-refractivity contribution is 0.0522. The lowest BCUT2D eigenvalue weighted by atomic mass is 10.1. The minimum atomic E-state index is -0.476. The smallest absolute Gasteiger partial charge is 0.342 e. The van der Waals surface area contributed by atoms with Gasteiger partial charge in [-0.1, -0.05) is 0 Å². The molecule has 0 fully saturated rings. The van der Waals surface area contributed by atoms with Gasteiger partial charge in [0.1, 0.15) is 5.56 Å². The highest BCUT2D eigenvalue weighted by molar-refractivity contribution is 9.10. The lowest BCUT2D eigenvalue weighted by Gasteiger charge is -2.16. The normalized spacial score (nSPS) is 9.83. The van der Waals surface area contributed by atoms with Gasteiger partial charge in [-0.15, -0.1) is 0 Å². The number of halogens is 1. The highest BCUT2D eigenvalue weighted by Crippen LogP contribution is 2.45. The molecule has 0 aliphatic carbocycles. The molecule has 0 atom stereocenters. The molecule has 1 aromatic carbocycles. The van der Waals surface area contributed by atoms with E-state index in [4.69, 9.17) is 18.9 Å².